The molecule has 0 radical (unpaired) electrons. The van der Waals surface area contributed by atoms with Gasteiger partial charge in [-0.25, -0.2) is 0 Å². The lowest BCUT2D eigenvalue weighted by Gasteiger charge is -2.12. The van der Waals surface area contributed by atoms with Gasteiger partial charge in [-0.15, -0.1) is 0 Å². The molecule has 2 nitrogen and oxygen atoms in total. The molecule has 1 aromatic carbocycles. The van der Waals surface area contributed by atoms with Crippen molar-refractivity contribution >= 4 is 17.4 Å². The summed E-state index contributed by atoms with van der Waals surface area (Å²) in [4.78, 5) is 11.7. The maximum atomic E-state index is 11.7. The molecular weight excluding hydrogens is 236 g/mol. The van der Waals surface area contributed by atoms with Gasteiger partial charge in [0.1, 0.15) is 11.5 Å². The van der Waals surface area contributed by atoms with E-state index in [1.165, 1.54) is 5.56 Å². The number of hydrogen-bond acceptors (Lipinski definition) is 2. The standard InChI is InChI=1S/C14H15ClO2/c15-12-7-10-4-5-17-14(10)11(8-12)6-9-2-1-3-13(9)16/h7-9H,1-6H2. The summed E-state index contributed by atoms with van der Waals surface area (Å²) in [6.45, 7) is 0.737. The van der Waals surface area contributed by atoms with Gasteiger partial charge < -0.3 is 4.74 Å². The highest BCUT2D eigenvalue weighted by atomic mass is 35.5. The summed E-state index contributed by atoms with van der Waals surface area (Å²) in [5.74, 6) is 1.56. The second-order valence-electron chi connectivity index (χ2n) is 4.91. The Hall–Kier alpha value is -1.02. The highest BCUT2D eigenvalue weighted by Gasteiger charge is 2.27. The van der Waals surface area contributed by atoms with E-state index in [0.717, 1.165) is 55.0 Å². The highest BCUT2D eigenvalue weighted by Crippen LogP contribution is 2.36. The number of Topliss-reactive ketones (excluding diaryl/α,β-unsaturated/α-hetero) is 1. The summed E-state index contributed by atoms with van der Waals surface area (Å²) < 4.78 is 5.66. The fourth-order valence-electron chi connectivity index (χ4n) is 2.87. The van der Waals surface area contributed by atoms with Crippen LogP contribution in [0.3, 0.4) is 0 Å². The van der Waals surface area contributed by atoms with Gasteiger partial charge in [-0.05, 0) is 42.5 Å². The van der Waals surface area contributed by atoms with E-state index in [9.17, 15) is 4.79 Å². The average molecular weight is 251 g/mol. The predicted molar refractivity (Wildman–Crippen MR) is 66.7 cm³/mol. The van der Waals surface area contributed by atoms with Crippen molar-refractivity contribution < 1.29 is 9.53 Å². The number of fused-ring (bicyclic) bond motifs is 1. The van der Waals surface area contributed by atoms with Crippen molar-refractivity contribution in [3.63, 3.8) is 0 Å². The number of rotatable bonds is 2. The molecule has 0 N–H and O–H groups in total. The fraction of sp³-hybridized carbons (Fsp3) is 0.500. The van der Waals surface area contributed by atoms with Crippen LogP contribution >= 0.6 is 11.6 Å². The maximum absolute atomic E-state index is 11.7. The number of halogens is 1. The second kappa shape index (κ2) is 4.34. The van der Waals surface area contributed by atoms with Gasteiger partial charge in [-0.3, -0.25) is 4.79 Å². The Morgan fingerprint density at radius 3 is 3.00 bits per heavy atom. The molecule has 0 aromatic heterocycles. The van der Waals surface area contributed by atoms with E-state index in [2.05, 4.69) is 0 Å². The topological polar surface area (TPSA) is 26.3 Å². The lowest BCUT2D eigenvalue weighted by molar-refractivity contribution is -0.120. The zero-order chi connectivity index (χ0) is 11.8. The molecule has 1 unspecified atom stereocenters. The molecule has 1 saturated carbocycles. The van der Waals surface area contributed by atoms with E-state index in [0.29, 0.717) is 5.78 Å². The molecule has 0 bridgehead atoms. The summed E-state index contributed by atoms with van der Waals surface area (Å²) in [5, 5.41) is 0.759. The molecule has 90 valence electrons. The van der Waals surface area contributed by atoms with Crippen molar-refractivity contribution in [1.29, 1.82) is 0 Å². The van der Waals surface area contributed by atoms with Crippen LogP contribution < -0.4 is 4.74 Å². The number of benzene rings is 1. The molecule has 1 atom stereocenters. The molecule has 0 spiro atoms. The van der Waals surface area contributed by atoms with Gasteiger partial charge in [0.05, 0.1) is 6.61 Å². The summed E-state index contributed by atoms with van der Waals surface area (Å²) in [6, 6.07) is 3.93. The van der Waals surface area contributed by atoms with Gasteiger partial charge in [0.2, 0.25) is 0 Å². The largest absolute Gasteiger partial charge is 0.493 e. The van der Waals surface area contributed by atoms with E-state index in [1.54, 1.807) is 0 Å². The fourth-order valence-corrected chi connectivity index (χ4v) is 3.13. The second-order valence-corrected chi connectivity index (χ2v) is 5.35. The minimum atomic E-state index is 0.182. The Labute approximate surface area is 106 Å². The quantitative estimate of drug-likeness (QED) is 0.806. The zero-order valence-electron chi connectivity index (χ0n) is 9.67. The monoisotopic (exact) mass is 250 g/mol. The Bertz CT molecular complexity index is 468. The molecule has 0 saturated heterocycles. The van der Waals surface area contributed by atoms with Crippen LogP contribution in [-0.4, -0.2) is 12.4 Å². The summed E-state index contributed by atoms with van der Waals surface area (Å²) in [7, 11) is 0. The zero-order valence-corrected chi connectivity index (χ0v) is 10.4. The van der Waals surface area contributed by atoms with E-state index < -0.39 is 0 Å². The molecule has 1 aromatic rings. The van der Waals surface area contributed by atoms with Gasteiger partial charge in [0.25, 0.3) is 0 Å². The number of carbonyl (C=O) groups excluding carboxylic acids is 1. The minimum absolute atomic E-state index is 0.182. The molecule has 2 aliphatic rings. The van der Waals surface area contributed by atoms with Gasteiger partial charge in [-0.2, -0.15) is 0 Å². The number of hydrogen-bond donors (Lipinski definition) is 0. The van der Waals surface area contributed by atoms with Gasteiger partial charge >= 0.3 is 0 Å². The van der Waals surface area contributed by atoms with Crippen LogP contribution in [0.1, 0.15) is 30.4 Å². The van der Waals surface area contributed by atoms with Gasteiger partial charge in [0, 0.05) is 23.8 Å². The molecule has 3 rings (SSSR count). The van der Waals surface area contributed by atoms with Crippen LogP contribution in [0.15, 0.2) is 12.1 Å². The van der Waals surface area contributed by atoms with Crippen molar-refractivity contribution in [1.82, 2.24) is 0 Å². The third kappa shape index (κ3) is 2.06. The van der Waals surface area contributed by atoms with Crippen LogP contribution in [0.4, 0.5) is 0 Å². The Kier molecular flexibility index (Phi) is 2.83. The van der Waals surface area contributed by atoms with Crippen LogP contribution in [0.5, 0.6) is 5.75 Å². The average Bonchev–Trinajstić information content (AvgIpc) is 2.88. The van der Waals surface area contributed by atoms with Crippen molar-refractivity contribution in [2.45, 2.75) is 32.1 Å². The normalized spacial score (nSPS) is 22.6. The first-order chi connectivity index (χ1) is 8.24. The summed E-state index contributed by atoms with van der Waals surface area (Å²) in [5.41, 5.74) is 2.31. The predicted octanol–water partition coefficient (Wildman–Crippen LogP) is 3.19. The third-order valence-corrected chi connectivity index (χ3v) is 3.94. The van der Waals surface area contributed by atoms with Crippen LogP contribution in [0.25, 0.3) is 0 Å². The van der Waals surface area contributed by atoms with Gasteiger partial charge in [0.15, 0.2) is 0 Å². The first-order valence-corrected chi connectivity index (χ1v) is 6.58. The minimum Gasteiger partial charge on any atom is -0.493 e. The summed E-state index contributed by atoms with van der Waals surface area (Å²) >= 11 is 6.11. The molecular formula is C14H15ClO2. The Morgan fingerprint density at radius 2 is 2.24 bits per heavy atom. The molecule has 17 heavy (non-hydrogen) atoms. The van der Waals surface area contributed by atoms with Crippen molar-refractivity contribution in [3.8, 4) is 5.75 Å². The number of ketones is 1. The molecule has 1 aliphatic heterocycles. The molecule has 1 fully saturated rings. The van der Waals surface area contributed by atoms with E-state index in [1.807, 2.05) is 12.1 Å². The SMILES string of the molecule is O=C1CCCC1Cc1cc(Cl)cc2c1OCC2. The lowest BCUT2D eigenvalue weighted by atomic mass is 9.95. The van der Waals surface area contributed by atoms with E-state index >= 15 is 0 Å². The summed E-state index contributed by atoms with van der Waals surface area (Å²) in [6.07, 6.45) is 4.52. The van der Waals surface area contributed by atoms with Gasteiger partial charge in [-0.1, -0.05) is 11.6 Å². The maximum Gasteiger partial charge on any atom is 0.136 e. The van der Waals surface area contributed by atoms with E-state index in [4.69, 9.17) is 16.3 Å². The Morgan fingerprint density at radius 1 is 1.35 bits per heavy atom. The number of ether oxygens (including phenoxy) is 1. The Balaban J connectivity index is 1.90. The van der Waals surface area contributed by atoms with Crippen molar-refractivity contribution in [2.75, 3.05) is 6.61 Å². The van der Waals surface area contributed by atoms with Crippen molar-refractivity contribution in [3.05, 3.63) is 28.3 Å². The molecule has 3 heteroatoms. The first kappa shape index (κ1) is 11.1. The lowest BCUT2D eigenvalue weighted by Crippen LogP contribution is -2.10. The number of carbonyl (C=O) groups is 1. The van der Waals surface area contributed by atoms with Crippen molar-refractivity contribution in [2.24, 2.45) is 5.92 Å². The van der Waals surface area contributed by atoms with Crippen LogP contribution in [-0.2, 0) is 17.6 Å². The van der Waals surface area contributed by atoms with Crippen LogP contribution in [0.2, 0.25) is 5.02 Å². The first-order valence-electron chi connectivity index (χ1n) is 6.21. The highest BCUT2D eigenvalue weighted by molar-refractivity contribution is 6.30. The molecule has 1 aliphatic carbocycles. The van der Waals surface area contributed by atoms with Crippen LogP contribution in [0, 0.1) is 5.92 Å². The van der Waals surface area contributed by atoms with E-state index in [-0.39, 0.29) is 5.92 Å². The molecule has 1 heterocycles. The third-order valence-electron chi connectivity index (χ3n) is 3.72. The smallest absolute Gasteiger partial charge is 0.136 e. The molecule has 0 amide bonds.